The third-order valence-corrected chi connectivity index (χ3v) is 3.16. The molecule has 0 spiro atoms. The van der Waals surface area contributed by atoms with Gasteiger partial charge in [0.2, 0.25) is 0 Å². The van der Waals surface area contributed by atoms with E-state index in [2.05, 4.69) is 20.9 Å². The SMILES string of the molecule is N#CCc1nc(Br)cc(C(F)F)c1I. The van der Waals surface area contributed by atoms with E-state index in [9.17, 15) is 8.78 Å². The molecular formula is C8H4BrF2IN2. The molecule has 14 heavy (non-hydrogen) atoms. The van der Waals surface area contributed by atoms with Gasteiger partial charge in [-0.05, 0) is 44.6 Å². The maximum Gasteiger partial charge on any atom is 0.265 e. The quantitative estimate of drug-likeness (QED) is 0.589. The Labute approximate surface area is 102 Å². The summed E-state index contributed by atoms with van der Waals surface area (Å²) in [5, 5.41) is 8.47. The van der Waals surface area contributed by atoms with Crippen molar-refractivity contribution in [3.05, 3.63) is 25.5 Å². The number of alkyl halides is 2. The van der Waals surface area contributed by atoms with Crippen molar-refractivity contribution in [3.63, 3.8) is 0 Å². The zero-order chi connectivity index (χ0) is 10.7. The van der Waals surface area contributed by atoms with E-state index >= 15 is 0 Å². The summed E-state index contributed by atoms with van der Waals surface area (Å²) in [6.07, 6.45) is -2.50. The molecule has 2 nitrogen and oxygen atoms in total. The third kappa shape index (κ3) is 2.60. The molecule has 1 heterocycles. The molecule has 0 unspecified atom stereocenters. The topological polar surface area (TPSA) is 36.7 Å². The zero-order valence-electron chi connectivity index (χ0n) is 6.77. The number of aromatic nitrogens is 1. The highest BCUT2D eigenvalue weighted by Gasteiger charge is 2.16. The van der Waals surface area contributed by atoms with Gasteiger partial charge in [0, 0.05) is 9.13 Å². The molecule has 0 N–H and O–H groups in total. The Morgan fingerprint density at radius 1 is 1.64 bits per heavy atom. The van der Waals surface area contributed by atoms with E-state index in [1.54, 1.807) is 22.6 Å². The van der Waals surface area contributed by atoms with Crippen LogP contribution in [0.15, 0.2) is 10.7 Å². The van der Waals surface area contributed by atoms with Gasteiger partial charge < -0.3 is 0 Å². The standard InChI is InChI=1S/C8H4BrF2IN2/c9-6-3-4(8(10)11)7(12)5(14-6)1-2-13/h3,8H,1H2. The van der Waals surface area contributed by atoms with Crippen molar-refractivity contribution in [1.82, 2.24) is 4.98 Å². The lowest BCUT2D eigenvalue weighted by atomic mass is 10.2. The summed E-state index contributed by atoms with van der Waals surface area (Å²) >= 11 is 4.81. The van der Waals surface area contributed by atoms with E-state index < -0.39 is 6.43 Å². The summed E-state index contributed by atoms with van der Waals surface area (Å²) in [5.41, 5.74) is 0.301. The van der Waals surface area contributed by atoms with Crippen LogP contribution in [0.25, 0.3) is 0 Å². The van der Waals surface area contributed by atoms with Crippen LogP contribution in [0.4, 0.5) is 8.78 Å². The van der Waals surface area contributed by atoms with Crippen molar-refractivity contribution in [2.75, 3.05) is 0 Å². The molecule has 0 saturated carbocycles. The molecule has 0 aliphatic carbocycles. The number of hydrogen-bond acceptors (Lipinski definition) is 2. The van der Waals surface area contributed by atoms with Crippen molar-refractivity contribution >= 4 is 38.5 Å². The summed E-state index contributed by atoms with van der Waals surface area (Å²) in [5.74, 6) is 0. The highest BCUT2D eigenvalue weighted by molar-refractivity contribution is 14.1. The molecular weight excluding hydrogens is 369 g/mol. The van der Waals surface area contributed by atoms with Gasteiger partial charge in [0.1, 0.15) is 4.60 Å². The molecule has 0 aliphatic rings. The molecule has 74 valence electrons. The number of halogens is 4. The smallest absolute Gasteiger partial charge is 0.244 e. The third-order valence-electron chi connectivity index (χ3n) is 1.50. The maximum absolute atomic E-state index is 12.5. The van der Waals surface area contributed by atoms with Crippen molar-refractivity contribution in [1.29, 1.82) is 5.26 Å². The summed E-state index contributed by atoms with van der Waals surface area (Å²) in [4.78, 5) is 3.96. The van der Waals surface area contributed by atoms with Crippen molar-refractivity contribution < 1.29 is 8.78 Å². The number of nitriles is 1. The fourth-order valence-corrected chi connectivity index (χ4v) is 2.08. The molecule has 0 radical (unpaired) electrons. The molecule has 0 saturated heterocycles. The van der Waals surface area contributed by atoms with E-state index in [1.807, 2.05) is 6.07 Å². The molecule has 0 bridgehead atoms. The lowest BCUT2D eigenvalue weighted by molar-refractivity contribution is 0.150. The fourth-order valence-electron chi connectivity index (χ4n) is 0.919. The number of hydrogen-bond donors (Lipinski definition) is 0. The molecule has 6 heteroatoms. The lowest BCUT2D eigenvalue weighted by Crippen LogP contribution is -1.99. The van der Waals surface area contributed by atoms with Gasteiger partial charge >= 0.3 is 0 Å². The van der Waals surface area contributed by atoms with Crippen LogP contribution in [0.5, 0.6) is 0 Å². The van der Waals surface area contributed by atoms with Crippen LogP contribution >= 0.6 is 38.5 Å². The second-order valence-corrected chi connectivity index (χ2v) is 4.32. The van der Waals surface area contributed by atoms with E-state index in [0.717, 1.165) is 0 Å². The summed E-state index contributed by atoms with van der Waals surface area (Å²) in [6.45, 7) is 0. The van der Waals surface area contributed by atoms with Crippen molar-refractivity contribution in [3.8, 4) is 6.07 Å². The average molecular weight is 373 g/mol. The van der Waals surface area contributed by atoms with E-state index in [-0.39, 0.29) is 12.0 Å². The Kier molecular flexibility index (Phi) is 4.19. The molecule has 0 amide bonds. The number of nitrogens with zero attached hydrogens (tertiary/aromatic N) is 2. The van der Waals surface area contributed by atoms with E-state index in [0.29, 0.717) is 13.9 Å². The molecule has 1 aromatic rings. The molecule has 1 aromatic heterocycles. The van der Waals surface area contributed by atoms with Gasteiger partial charge in [0.15, 0.2) is 0 Å². The van der Waals surface area contributed by atoms with Crippen LogP contribution in [0.2, 0.25) is 0 Å². The van der Waals surface area contributed by atoms with Gasteiger partial charge in [-0.1, -0.05) is 0 Å². The first-order valence-corrected chi connectivity index (χ1v) is 5.43. The number of rotatable bonds is 2. The second-order valence-electron chi connectivity index (χ2n) is 2.43. The minimum Gasteiger partial charge on any atom is -0.244 e. The van der Waals surface area contributed by atoms with Crippen LogP contribution in [0.3, 0.4) is 0 Å². The van der Waals surface area contributed by atoms with Gasteiger partial charge in [0.05, 0.1) is 18.2 Å². The minimum absolute atomic E-state index is 0.0391. The maximum atomic E-state index is 12.5. The minimum atomic E-state index is -2.54. The fraction of sp³-hybridized carbons (Fsp3) is 0.250. The van der Waals surface area contributed by atoms with E-state index in [4.69, 9.17) is 5.26 Å². The summed E-state index contributed by atoms with van der Waals surface area (Å²) < 4.78 is 25.7. The summed E-state index contributed by atoms with van der Waals surface area (Å²) in [6, 6.07) is 3.16. The van der Waals surface area contributed by atoms with Gasteiger partial charge in [-0.25, -0.2) is 13.8 Å². The van der Waals surface area contributed by atoms with Crippen LogP contribution in [0.1, 0.15) is 17.7 Å². The van der Waals surface area contributed by atoms with Crippen molar-refractivity contribution in [2.24, 2.45) is 0 Å². The highest BCUT2D eigenvalue weighted by Crippen LogP contribution is 2.28. The first kappa shape index (κ1) is 11.8. The van der Waals surface area contributed by atoms with Gasteiger partial charge in [-0.2, -0.15) is 5.26 Å². The lowest BCUT2D eigenvalue weighted by Gasteiger charge is -2.07. The monoisotopic (exact) mass is 372 g/mol. The molecule has 0 fully saturated rings. The first-order chi connectivity index (χ1) is 6.56. The van der Waals surface area contributed by atoms with Gasteiger partial charge in [-0.15, -0.1) is 0 Å². The average Bonchev–Trinajstić information content (AvgIpc) is 2.10. The first-order valence-electron chi connectivity index (χ1n) is 3.56. The Bertz CT molecular complexity index is 390. The number of pyridine rings is 1. The predicted octanol–water partition coefficient (Wildman–Crippen LogP) is 3.45. The van der Waals surface area contributed by atoms with Gasteiger partial charge in [-0.3, -0.25) is 0 Å². The molecule has 0 aromatic carbocycles. The van der Waals surface area contributed by atoms with Crippen LogP contribution in [-0.2, 0) is 6.42 Å². The highest BCUT2D eigenvalue weighted by atomic mass is 127. The largest absolute Gasteiger partial charge is 0.265 e. The predicted molar refractivity (Wildman–Crippen MR) is 58.9 cm³/mol. The van der Waals surface area contributed by atoms with Crippen LogP contribution in [-0.4, -0.2) is 4.98 Å². The Morgan fingerprint density at radius 3 is 2.79 bits per heavy atom. The van der Waals surface area contributed by atoms with Crippen LogP contribution < -0.4 is 0 Å². The Balaban J connectivity index is 3.26. The molecule has 1 rings (SSSR count). The van der Waals surface area contributed by atoms with E-state index in [1.165, 1.54) is 6.07 Å². The Morgan fingerprint density at radius 2 is 2.29 bits per heavy atom. The molecule has 0 atom stereocenters. The second kappa shape index (κ2) is 4.98. The van der Waals surface area contributed by atoms with Crippen molar-refractivity contribution in [2.45, 2.75) is 12.8 Å². The summed E-state index contributed by atoms with van der Waals surface area (Å²) in [7, 11) is 0. The Hall–Kier alpha value is -0.290. The molecule has 0 aliphatic heterocycles. The zero-order valence-corrected chi connectivity index (χ0v) is 10.5. The van der Waals surface area contributed by atoms with Gasteiger partial charge in [0.25, 0.3) is 6.43 Å². The normalized spacial score (nSPS) is 10.3. The van der Waals surface area contributed by atoms with Crippen LogP contribution in [0, 0.1) is 14.9 Å².